The first-order chi connectivity index (χ1) is 10.2. The molecule has 0 bridgehead atoms. The minimum Gasteiger partial charge on any atom is -0.481 e. The second kappa shape index (κ2) is 9.17. The number of aliphatic carboxylic acids is 2. The number of hydrogen-bond donors (Lipinski definition) is 4. The minimum atomic E-state index is -1.08. The van der Waals surface area contributed by atoms with Crippen molar-refractivity contribution in [1.29, 1.82) is 0 Å². The van der Waals surface area contributed by atoms with Crippen LogP contribution in [0.5, 0.6) is 0 Å². The predicted octanol–water partition coefficient (Wildman–Crippen LogP) is 1.68. The van der Waals surface area contributed by atoms with Gasteiger partial charge in [0.25, 0.3) is 0 Å². The van der Waals surface area contributed by atoms with Crippen LogP contribution in [0.2, 0.25) is 0 Å². The molecular weight excluding hydrogens is 286 g/mol. The Morgan fingerprint density at radius 2 is 1.64 bits per heavy atom. The summed E-state index contributed by atoms with van der Waals surface area (Å²) in [4.78, 5) is 21.0. The van der Waals surface area contributed by atoms with Crippen molar-refractivity contribution in [2.75, 3.05) is 6.61 Å². The number of hydrogen-bond acceptors (Lipinski definition) is 4. The first-order valence-corrected chi connectivity index (χ1v) is 7.04. The number of carboxylic acids is 2. The van der Waals surface area contributed by atoms with Gasteiger partial charge in [-0.05, 0) is 12.0 Å². The third kappa shape index (κ3) is 6.24. The molecule has 0 aromatic heterocycles. The second-order valence-corrected chi connectivity index (χ2v) is 5.67. The summed E-state index contributed by atoms with van der Waals surface area (Å²) >= 11 is 0. The fourth-order valence-electron chi connectivity index (χ4n) is 1.67. The van der Waals surface area contributed by atoms with Gasteiger partial charge in [-0.2, -0.15) is 0 Å². The Hall–Kier alpha value is -1.92. The molecule has 0 radical (unpaired) electrons. The van der Waals surface area contributed by atoms with Crippen LogP contribution in [-0.2, 0) is 9.59 Å². The molecule has 0 aliphatic carbocycles. The van der Waals surface area contributed by atoms with Crippen molar-refractivity contribution in [2.24, 2.45) is 11.1 Å². The Labute approximate surface area is 130 Å². The van der Waals surface area contributed by atoms with Crippen LogP contribution in [0, 0.1) is 5.41 Å². The molecule has 6 heteroatoms. The number of aliphatic hydroxyl groups is 1. The van der Waals surface area contributed by atoms with E-state index in [0.717, 1.165) is 5.56 Å². The van der Waals surface area contributed by atoms with Crippen LogP contribution in [-0.4, -0.2) is 39.9 Å². The Morgan fingerprint density at radius 3 is 1.91 bits per heavy atom. The summed E-state index contributed by atoms with van der Waals surface area (Å²) in [7, 11) is 0. The van der Waals surface area contributed by atoms with Crippen molar-refractivity contribution >= 4 is 11.9 Å². The largest absolute Gasteiger partial charge is 0.481 e. The van der Waals surface area contributed by atoms with Gasteiger partial charge in [0.2, 0.25) is 0 Å². The molecule has 6 nitrogen and oxygen atoms in total. The van der Waals surface area contributed by atoms with Crippen molar-refractivity contribution < 1.29 is 24.9 Å². The lowest BCUT2D eigenvalue weighted by molar-refractivity contribution is -0.142. The van der Waals surface area contributed by atoms with Gasteiger partial charge in [0.15, 0.2) is 0 Å². The maximum atomic E-state index is 10.7. The summed E-state index contributed by atoms with van der Waals surface area (Å²) in [6.45, 7) is 4.86. The zero-order valence-corrected chi connectivity index (χ0v) is 13.2. The molecule has 2 unspecified atom stereocenters. The Morgan fingerprint density at radius 1 is 1.14 bits per heavy atom. The molecule has 22 heavy (non-hydrogen) atoms. The van der Waals surface area contributed by atoms with E-state index in [1.165, 1.54) is 0 Å². The standard InChI is InChI=1S/C10H12O2.C6H13NO3/c1-2-9(10(11)12)8-6-4-3-5-7-8;1-6(2,3-8)4(7)5(9)10/h3-7,9H,2H2,1H3,(H,11,12);4,8H,3,7H2,1-2H3,(H,9,10). The van der Waals surface area contributed by atoms with Gasteiger partial charge < -0.3 is 21.1 Å². The molecule has 1 rings (SSSR count). The van der Waals surface area contributed by atoms with Gasteiger partial charge in [-0.15, -0.1) is 0 Å². The van der Waals surface area contributed by atoms with E-state index >= 15 is 0 Å². The summed E-state index contributed by atoms with van der Waals surface area (Å²) < 4.78 is 0. The summed E-state index contributed by atoms with van der Waals surface area (Å²) in [5.74, 6) is -2.19. The van der Waals surface area contributed by atoms with Crippen LogP contribution in [0.1, 0.15) is 38.7 Å². The molecule has 0 aliphatic rings. The smallest absolute Gasteiger partial charge is 0.321 e. The van der Waals surface area contributed by atoms with Crippen molar-refractivity contribution in [1.82, 2.24) is 0 Å². The Balaban J connectivity index is 0.000000409. The second-order valence-electron chi connectivity index (χ2n) is 5.67. The predicted molar refractivity (Wildman–Crippen MR) is 83.6 cm³/mol. The van der Waals surface area contributed by atoms with E-state index in [-0.39, 0.29) is 12.5 Å². The lowest BCUT2D eigenvalue weighted by Gasteiger charge is -2.25. The molecule has 5 N–H and O–H groups in total. The average molecular weight is 311 g/mol. The normalized spacial score (nSPS) is 13.5. The number of nitrogens with two attached hydrogens (primary N) is 1. The summed E-state index contributed by atoms with van der Waals surface area (Å²) in [6.07, 6.45) is 0.638. The topological polar surface area (TPSA) is 121 Å². The van der Waals surface area contributed by atoms with Gasteiger partial charge in [0, 0.05) is 5.41 Å². The number of carboxylic acid groups (broad SMARTS) is 2. The number of rotatable bonds is 6. The highest BCUT2D eigenvalue weighted by Crippen LogP contribution is 2.18. The molecule has 0 spiro atoms. The van der Waals surface area contributed by atoms with Gasteiger partial charge in [0.1, 0.15) is 6.04 Å². The quantitative estimate of drug-likeness (QED) is 0.634. The highest BCUT2D eigenvalue weighted by molar-refractivity contribution is 5.75. The zero-order chi connectivity index (χ0) is 17.3. The number of carbonyl (C=O) groups is 2. The van der Waals surface area contributed by atoms with Crippen LogP contribution in [0.3, 0.4) is 0 Å². The minimum absolute atomic E-state index is 0.222. The monoisotopic (exact) mass is 311 g/mol. The Bertz CT molecular complexity index is 473. The maximum absolute atomic E-state index is 10.7. The van der Waals surface area contributed by atoms with E-state index in [2.05, 4.69) is 0 Å². The molecule has 0 aliphatic heterocycles. The highest BCUT2D eigenvalue weighted by Gasteiger charge is 2.30. The molecule has 0 heterocycles. The fourth-order valence-corrected chi connectivity index (χ4v) is 1.67. The van der Waals surface area contributed by atoms with Crippen LogP contribution in [0.25, 0.3) is 0 Å². The Kier molecular flexibility index (Phi) is 8.37. The highest BCUT2D eigenvalue weighted by atomic mass is 16.4. The van der Waals surface area contributed by atoms with E-state index in [1.54, 1.807) is 13.8 Å². The fraction of sp³-hybridized carbons (Fsp3) is 0.500. The number of benzene rings is 1. The average Bonchev–Trinajstić information content (AvgIpc) is 2.48. The lowest BCUT2D eigenvalue weighted by Crippen LogP contribution is -2.45. The van der Waals surface area contributed by atoms with Gasteiger partial charge in [-0.3, -0.25) is 9.59 Å². The first-order valence-electron chi connectivity index (χ1n) is 7.04. The molecule has 1 aromatic rings. The van der Waals surface area contributed by atoms with E-state index < -0.39 is 23.4 Å². The van der Waals surface area contributed by atoms with E-state index in [9.17, 15) is 9.59 Å². The molecule has 0 amide bonds. The molecule has 2 atom stereocenters. The third-order valence-corrected chi connectivity index (χ3v) is 3.42. The zero-order valence-electron chi connectivity index (χ0n) is 13.2. The van der Waals surface area contributed by atoms with Gasteiger partial charge in [-0.1, -0.05) is 51.1 Å². The van der Waals surface area contributed by atoms with Crippen LogP contribution >= 0.6 is 0 Å². The van der Waals surface area contributed by atoms with Crippen molar-refractivity contribution in [3.05, 3.63) is 35.9 Å². The third-order valence-electron chi connectivity index (χ3n) is 3.42. The first kappa shape index (κ1) is 20.1. The lowest BCUT2D eigenvalue weighted by atomic mass is 9.86. The van der Waals surface area contributed by atoms with Gasteiger partial charge >= 0.3 is 11.9 Å². The van der Waals surface area contributed by atoms with E-state index in [4.69, 9.17) is 21.1 Å². The maximum Gasteiger partial charge on any atom is 0.321 e. The molecular formula is C16H25NO5. The van der Waals surface area contributed by atoms with Gasteiger partial charge in [0.05, 0.1) is 12.5 Å². The van der Waals surface area contributed by atoms with Crippen LogP contribution in [0.4, 0.5) is 0 Å². The molecule has 1 aromatic carbocycles. The molecule has 0 saturated heterocycles. The van der Waals surface area contributed by atoms with Crippen LogP contribution < -0.4 is 5.73 Å². The number of aliphatic hydroxyl groups excluding tert-OH is 1. The van der Waals surface area contributed by atoms with Crippen molar-refractivity contribution in [3.8, 4) is 0 Å². The van der Waals surface area contributed by atoms with Crippen LogP contribution in [0.15, 0.2) is 30.3 Å². The molecule has 124 valence electrons. The summed E-state index contributed by atoms with van der Waals surface area (Å²) in [5.41, 5.74) is 5.38. The molecule has 0 fully saturated rings. The van der Waals surface area contributed by atoms with E-state index in [1.807, 2.05) is 37.3 Å². The SMILES string of the molecule is CC(C)(CO)C(N)C(=O)O.CCC(C(=O)O)c1ccccc1. The summed E-state index contributed by atoms with van der Waals surface area (Å²) in [6, 6.07) is 8.31. The van der Waals surface area contributed by atoms with E-state index in [0.29, 0.717) is 6.42 Å². The van der Waals surface area contributed by atoms with Gasteiger partial charge in [-0.25, -0.2) is 0 Å². The summed E-state index contributed by atoms with van der Waals surface area (Å²) in [5, 5.41) is 25.9. The van der Waals surface area contributed by atoms with Crippen molar-refractivity contribution in [2.45, 2.75) is 39.2 Å². The van der Waals surface area contributed by atoms with Crippen molar-refractivity contribution in [3.63, 3.8) is 0 Å². The molecule has 0 saturated carbocycles.